The van der Waals surface area contributed by atoms with Crippen LogP contribution in [0.2, 0.25) is 0 Å². The third kappa shape index (κ3) is 3.82. The molecular weight excluding hydrogens is 423 g/mol. The van der Waals surface area contributed by atoms with Gasteiger partial charge in [-0.15, -0.1) is 0 Å². The molecule has 7 heteroatoms. The van der Waals surface area contributed by atoms with Crippen LogP contribution in [0.25, 0.3) is 10.9 Å². The Morgan fingerprint density at radius 3 is 2.75 bits per heavy atom. The van der Waals surface area contributed by atoms with Gasteiger partial charge in [0, 0.05) is 43.1 Å². The van der Waals surface area contributed by atoms with Crippen LogP contribution in [0.3, 0.4) is 0 Å². The van der Waals surface area contributed by atoms with Gasteiger partial charge in [0.1, 0.15) is 5.82 Å². The summed E-state index contributed by atoms with van der Waals surface area (Å²) in [4.78, 5) is 15.9. The van der Waals surface area contributed by atoms with E-state index in [1.807, 2.05) is 40.9 Å². The van der Waals surface area contributed by atoms with E-state index < -0.39 is 0 Å². The van der Waals surface area contributed by atoms with Gasteiger partial charge in [0.25, 0.3) is 0 Å². The second-order valence-corrected chi connectivity index (χ2v) is 8.12. The Labute approximate surface area is 171 Å². The molecule has 0 aliphatic carbocycles. The highest BCUT2D eigenvalue weighted by Gasteiger charge is 2.30. The zero-order valence-corrected chi connectivity index (χ0v) is 17.3. The molecule has 1 aliphatic heterocycles. The second kappa shape index (κ2) is 8.01. The molecule has 28 heavy (non-hydrogen) atoms. The largest absolute Gasteiger partial charge is 0.334 e. The van der Waals surface area contributed by atoms with E-state index in [9.17, 15) is 9.18 Å². The van der Waals surface area contributed by atoms with Crippen LogP contribution < -0.4 is 0 Å². The van der Waals surface area contributed by atoms with Crippen molar-refractivity contribution < 1.29 is 9.18 Å². The van der Waals surface area contributed by atoms with Gasteiger partial charge in [-0.2, -0.15) is 5.10 Å². The van der Waals surface area contributed by atoms with Crippen molar-refractivity contribution in [2.45, 2.75) is 12.5 Å². The Hall–Kier alpha value is -2.25. The van der Waals surface area contributed by atoms with E-state index in [0.29, 0.717) is 6.54 Å². The second-order valence-electron chi connectivity index (χ2n) is 7.21. The summed E-state index contributed by atoms with van der Waals surface area (Å²) in [6, 6.07) is 12.7. The lowest BCUT2D eigenvalue weighted by atomic mass is 10.0. The molecule has 1 amide bonds. The Balaban J connectivity index is 1.55. The number of amides is 1. The lowest BCUT2D eigenvalue weighted by molar-refractivity contribution is -0.122. The highest BCUT2D eigenvalue weighted by molar-refractivity contribution is 9.10. The SMILES string of the molecule is Cn1nc(C2CN(CCc3ccc(F)cc3)CCN2C=O)c2ccc(Br)cc21. The van der Waals surface area contributed by atoms with Crippen LogP contribution in [0.5, 0.6) is 0 Å². The highest BCUT2D eigenvalue weighted by Crippen LogP contribution is 2.31. The fourth-order valence-electron chi connectivity index (χ4n) is 3.87. The van der Waals surface area contributed by atoms with Gasteiger partial charge in [0.15, 0.2) is 0 Å². The van der Waals surface area contributed by atoms with Crippen molar-refractivity contribution in [3.05, 3.63) is 64.0 Å². The number of halogens is 2. The van der Waals surface area contributed by atoms with Crippen molar-refractivity contribution in [1.29, 1.82) is 0 Å². The van der Waals surface area contributed by atoms with E-state index in [1.54, 1.807) is 0 Å². The summed E-state index contributed by atoms with van der Waals surface area (Å²) in [6.45, 7) is 3.10. The number of fused-ring (bicyclic) bond motifs is 1. The molecule has 1 aromatic heterocycles. The number of hydrogen-bond donors (Lipinski definition) is 0. The van der Waals surface area contributed by atoms with E-state index in [2.05, 4.69) is 26.9 Å². The van der Waals surface area contributed by atoms with Gasteiger partial charge in [-0.1, -0.05) is 28.1 Å². The molecule has 5 nitrogen and oxygen atoms in total. The Morgan fingerprint density at radius 1 is 1.21 bits per heavy atom. The Morgan fingerprint density at radius 2 is 2.00 bits per heavy atom. The topological polar surface area (TPSA) is 41.4 Å². The minimum Gasteiger partial charge on any atom is -0.334 e. The molecule has 146 valence electrons. The maximum atomic E-state index is 13.1. The van der Waals surface area contributed by atoms with Crippen molar-refractivity contribution in [3.63, 3.8) is 0 Å². The first-order valence-corrected chi connectivity index (χ1v) is 10.1. The third-order valence-electron chi connectivity index (χ3n) is 5.43. The standard InChI is InChI=1S/C21H22BrFN4O/c1-25-19-12-16(22)4-7-18(19)21(24-25)20-13-26(10-11-27(20)14-28)9-8-15-2-5-17(23)6-3-15/h2-7,12,14,20H,8-11,13H2,1H3. The molecule has 1 fully saturated rings. The first kappa shape index (κ1) is 19.1. The van der Waals surface area contributed by atoms with Crippen molar-refractivity contribution in [1.82, 2.24) is 19.6 Å². The lowest BCUT2D eigenvalue weighted by Gasteiger charge is -2.39. The third-order valence-corrected chi connectivity index (χ3v) is 5.92. The summed E-state index contributed by atoms with van der Waals surface area (Å²) in [5, 5.41) is 5.81. The minimum atomic E-state index is -0.211. The van der Waals surface area contributed by atoms with Crippen molar-refractivity contribution in [2.75, 3.05) is 26.2 Å². The van der Waals surface area contributed by atoms with Crippen LogP contribution in [0.4, 0.5) is 4.39 Å². The van der Waals surface area contributed by atoms with Crippen molar-refractivity contribution in [3.8, 4) is 0 Å². The maximum absolute atomic E-state index is 13.1. The molecule has 0 N–H and O–H groups in total. The quantitative estimate of drug-likeness (QED) is 0.565. The average molecular weight is 445 g/mol. The normalized spacial score (nSPS) is 18.0. The van der Waals surface area contributed by atoms with Gasteiger partial charge in [0.05, 0.1) is 17.3 Å². The van der Waals surface area contributed by atoms with E-state index in [0.717, 1.165) is 59.1 Å². The van der Waals surface area contributed by atoms with Crippen LogP contribution in [0.1, 0.15) is 17.3 Å². The van der Waals surface area contributed by atoms with Crippen LogP contribution >= 0.6 is 15.9 Å². The van der Waals surface area contributed by atoms with Gasteiger partial charge in [0.2, 0.25) is 6.41 Å². The molecule has 0 bridgehead atoms. The minimum absolute atomic E-state index is 0.0793. The molecule has 4 rings (SSSR count). The monoisotopic (exact) mass is 444 g/mol. The summed E-state index contributed by atoms with van der Waals surface area (Å²) in [7, 11) is 1.93. The molecular formula is C21H22BrFN4O. The lowest BCUT2D eigenvalue weighted by Crippen LogP contribution is -2.48. The first-order valence-electron chi connectivity index (χ1n) is 9.35. The predicted molar refractivity (Wildman–Crippen MR) is 110 cm³/mol. The fourth-order valence-corrected chi connectivity index (χ4v) is 4.22. The smallest absolute Gasteiger partial charge is 0.210 e. The van der Waals surface area contributed by atoms with E-state index >= 15 is 0 Å². The maximum Gasteiger partial charge on any atom is 0.210 e. The zero-order valence-electron chi connectivity index (χ0n) is 15.7. The zero-order chi connectivity index (χ0) is 19.7. The van der Waals surface area contributed by atoms with Crippen LogP contribution in [0, 0.1) is 5.82 Å². The Bertz CT molecular complexity index is 988. The molecule has 0 saturated carbocycles. The van der Waals surface area contributed by atoms with E-state index in [4.69, 9.17) is 5.10 Å². The Kier molecular flexibility index (Phi) is 5.46. The highest BCUT2D eigenvalue weighted by atomic mass is 79.9. The molecule has 0 radical (unpaired) electrons. The summed E-state index contributed by atoms with van der Waals surface area (Å²) in [6.07, 6.45) is 1.78. The summed E-state index contributed by atoms with van der Waals surface area (Å²) in [5.41, 5.74) is 3.09. The number of piperazine rings is 1. The number of carbonyl (C=O) groups excluding carboxylic acids is 1. The van der Waals surface area contributed by atoms with E-state index in [1.165, 1.54) is 12.1 Å². The number of aromatic nitrogens is 2. The number of benzene rings is 2. The molecule has 2 heterocycles. The van der Waals surface area contributed by atoms with Crippen LogP contribution in [0.15, 0.2) is 46.9 Å². The van der Waals surface area contributed by atoms with Crippen LogP contribution in [-0.4, -0.2) is 52.2 Å². The van der Waals surface area contributed by atoms with Gasteiger partial charge in [-0.05, 0) is 42.3 Å². The molecule has 1 aliphatic rings. The molecule has 3 aromatic rings. The first-order chi connectivity index (χ1) is 13.5. The number of nitrogens with zero attached hydrogens (tertiary/aromatic N) is 4. The van der Waals surface area contributed by atoms with Gasteiger partial charge >= 0.3 is 0 Å². The molecule has 0 spiro atoms. The summed E-state index contributed by atoms with van der Waals surface area (Å²) < 4.78 is 16.0. The number of aryl methyl sites for hydroxylation is 1. The molecule has 1 saturated heterocycles. The van der Waals surface area contributed by atoms with E-state index in [-0.39, 0.29) is 11.9 Å². The van der Waals surface area contributed by atoms with Crippen LogP contribution in [-0.2, 0) is 18.3 Å². The van der Waals surface area contributed by atoms with Crippen molar-refractivity contribution in [2.24, 2.45) is 7.05 Å². The van der Waals surface area contributed by atoms with Gasteiger partial charge in [-0.3, -0.25) is 14.4 Å². The molecule has 2 aromatic carbocycles. The summed E-state index contributed by atoms with van der Waals surface area (Å²) in [5.74, 6) is -0.211. The van der Waals surface area contributed by atoms with Crippen molar-refractivity contribution >= 4 is 33.2 Å². The average Bonchev–Trinajstić information content (AvgIpc) is 3.03. The number of rotatable bonds is 5. The van der Waals surface area contributed by atoms with Gasteiger partial charge in [-0.25, -0.2) is 4.39 Å². The molecule has 1 atom stereocenters. The molecule has 1 unspecified atom stereocenters. The predicted octanol–water partition coefficient (Wildman–Crippen LogP) is 3.53. The number of carbonyl (C=O) groups is 1. The fraction of sp³-hybridized carbons (Fsp3) is 0.333. The van der Waals surface area contributed by atoms with Gasteiger partial charge < -0.3 is 4.90 Å². The summed E-state index contributed by atoms with van der Waals surface area (Å²) >= 11 is 3.51. The number of hydrogen-bond acceptors (Lipinski definition) is 3.